The lowest BCUT2D eigenvalue weighted by Gasteiger charge is -2.17. The lowest BCUT2D eigenvalue weighted by atomic mass is 10.1. The number of aryl methyl sites for hydroxylation is 1. The Labute approximate surface area is 124 Å². The van der Waals surface area contributed by atoms with Crippen molar-refractivity contribution >= 4 is 0 Å². The van der Waals surface area contributed by atoms with Gasteiger partial charge in [-0.1, -0.05) is 29.8 Å². The molecule has 0 atom stereocenters. The van der Waals surface area contributed by atoms with E-state index in [1.165, 1.54) is 17.5 Å². The molecule has 0 spiro atoms. The standard InChI is InChI=1S/C17H30N2O/c1-4-20-13-6-5-10-18-11-12-19(3)15-17-9-7-8-16(2)14-17/h7-9,14,18H,4-6,10-13,15H2,1-3H3. The van der Waals surface area contributed by atoms with Gasteiger partial charge in [-0.25, -0.2) is 0 Å². The van der Waals surface area contributed by atoms with Crippen molar-refractivity contribution in [2.24, 2.45) is 0 Å². The Morgan fingerprint density at radius 1 is 1.20 bits per heavy atom. The van der Waals surface area contributed by atoms with Crippen LogP contribution in [0, 0.1) is 6.92 Å². The van der Waals surface area contributed by atoms with Gasteiger partial charge in [0.05, 0.1) is 0 Å². The Hall–Kier alpha value is -0.900. The number of nitrogens with zero attached hydrogens (tertiary/aromatic N) is 1. The number of benzene rings is 1. The van der Waals surface area contributed by atoms with Crippen LogP contribution in [0.4, 0.5) is 0 Å². The van der Waals surface area contributed by atoms with Crippen LogP contribution < -0.4 is 5.32 Å². The number of rotatable bonds is 11. The number of unbranched alkanes of at least 4 members (excludes halogenated alkanes) is 1. The fourth-order valence-electron chi connectivity index (χ4n) is 2.19. The monoisotopic (exact) mass is 278 g/mol. The normalized spacial score (nSPS) is 11.2. The van der Waals surface area contributed by atoms with Crippen molar-refractivity contribution in [2.75, 3.05) is 39.9 Å². The Balaban J connectivity index is 2.01. The molecule has 1 aromatic rings. The molecule has 0 saturated heterocycles. The van der Waals surface area contributed by atoms with Crippen LogP contribution in [-0.2, 0) is 11.3 Å². The van der Waals surface area contributed by atoms with Gasteiger partial charge in [0.1, 0.15) is 0 Å². The minimum Gasteiger partial charge on any atom is -0.382 e. The van der Waals surface area contributed by atoms with Crippen LogP contribution in [0.15, 0.2) is 24.3 Å². The topological polar surface area (TPSA) is 24.5 Å². The van der Waals surface area contributed by atoms with Crippen molar-refractivity contribution in [1.82, 2.24) is 10.2 Å². The molecule has 0 radical (unpaired) electrons. The van der Waals surface area contributed by atoms with Gasteiger partial charge >= 0.3 is 0 Å². The zero-order valence-corrected chi connectivity index (χ0v) is 13.3. The van der Waals surface area contributed by atoms with Crippen LogP contribution in [0.2, 0.25) is 0 Å². The van der Waals surface area contributed by atoms with E-state index < -0.39 is 0 Å². The third-order valence-corrected chi connectivity index (χ3v) is 3.30. The second-order valence-electron chi connectivity index (χ2n) is 5.38. The van der Waals surface area contributed by atoms with Gasteiger partial charge < -0.3 is 15.0 Å². The first-order chi connectivity index (χ1) is 9.72. The summed E-state index contributed by atoms with van der Waals surface area (Å²) >= 11 is 0. The van der Waals surface area contributed by atoms with E-state index >= 15 is 0 Å². The van der Waals surface area contributed by atoms with Crippen LogP contribution in [0.25, 0.3) is 0 Å². The van der Waals surface area contributed by atoms with Gasteiger partial charge in [-0.3, -0.25) is 0 Å². The Morgan fingerprint density at radius 3 is 2.80 bits per heavy atom. The van der Waals surface area contributed by atoms with Crippen molar-refractivity contribution in [3.8, 4) is 0 Å². The van der Waals surface area contributed by atoms with Crippen molar-refractivity contribution in [3.05, 3.63) is 35.4 Å². The predicted octanol–water partition coefficient (Wildman–Crippen LogP) is 2.83. The van der Waals surface area contributed by atoms with Gasteiger partial charge in [0.15, 0.2) is 0 Å². The molecule has 0 aliphatic carbocycles. The van der Waals surface area contributed by atoms with Gasteiger partial charge in [0.2, 0.25) is 0 Å². The van der Waals surface area contributed by atoms with E-state index in [1.807, 2.05) is 6.92 Å². The van der Waals surface area contributed by atoms with Crippen molar-refractivity contribution in [3.63, 3.8) is 0 Å². The molecular formula is C17H30N2O. The maximum absolute atomic E-state index is 5.32. The number of likely N-dealkylation sites (N-methyl/N-ethyl adjacent to an activating group) is 1. The number of hydrogen-bond donors (Lipinski definition) is 1. The summed E-state index contributed by atoms with van der Waals surface area (Å²) in [5.41, 5.74) is 2.73. The molecule has 1 rings (SSSR count). The smallest absolute Gasteiger partial charge is 0.0466 e. The number of ether oxygens (including phenoxy) is 1. The molecule has 0 aliphatic heterocycles. The first-order valence-electron chi connectivity index (χ1n) is 7.75. The first kappa shape index (κ1) is 17.2. The quantitative estimate of drug-likeness (QED) is 0.630. The van der Waals surface area contributed by atoms with E-state index in [9.17, 15) is 0 Å². The Morgan fingerprint density at radius 2 is 2.05 bits per heavy atom. The van der Waals surface area contributed by atoms with Crippen molar-refractivity contribution in [1.29, 1.82) is 0 Å². The molecule has 1 N–H and O–H groups in total. The Bertz CT molecular complexity index is 355. The summed E-state index contributed by atoms with van der Waals surface area (Å²) in [5, 5.41) is 3.49. The molecule has 0 saturated carbocycles. The predicted molar refractivity (Wildman–Crippen MR) is 86.1 cm³/mol. The van der Waals surface area contributed by atoms with Crippen LogP contribution in [0.1, 0.15) is 30.9 Å². The van der Waals surface area contributed by atoms with E-state index in [0.717, 1.165) is 45.8 Å². The third-order valence-electron chi connectivity index (χ3n) is 3.30. The molecule has 0 aliphatic rings. The largest absolute Gasteiger partial charge is 0.382 e. The van der Waals surface area contributed by atoms with Gasteiger partial charge in [0.25, 0.3) is 0 Å². The number of hydrogen-bond acceptors (Lipinski definition) is 3. The minimum absolute atomic E-state index is 0.831. The molecule has 114 valence electrons. The summed E-state index contributed by atoms with van der Waals surface area (Å²) in [6.07, 6.45) is 2.35. The molecule has 0 aromatic heterocycles. The van der Waals surface area contributed by atoms with E-state index in [4.69, 9.17) is 4.74 Å². The molecule has 0 fully saturated rings. The molecule has 0 amide bonds. The molecule has 3 nitrogen and oxygen atoms in total. The van der Waals surface area contributed by atoms with Crippen molar-refractivity contribution < 1.29 is 4.74 Å². The lowest BCUT2D eigenvalue weighted by Crippen LogP contribution is -2.29. The van der Waals surface area contributed by atoms with Crippen LogP contribution in [-0.4, -0.2) is 44.8 Å². The van der Waals surface area contributed by atoms with Crippen molar-refractivity contribution in [2.45, 2.75) is 33.2 Å². The minimum atomic E-state index is 0.831. The van der Waals surface area contributed by atoms with E-state index in [0.29, 0.717) is 0 Å². The van der Waals surface area contributed by atoms with Crippen LogP contribution in [0.5, 0.6) is 0 Å². The zero-order valence-electron chi connectivity index (χ0n) is 13.3. The molecule has 0 heterocycles. The summed E-state index contributed by atoms with van der Waals surface area (Å²) in [6.45, 7) is 10.2. The average molecular weight is 278 g/mol. The van der Waals surface area contributed by atoms with E-state index in [-0.39, 0.29) is 0 Å². The van der Waals surface area contributed by atoms with Gasteiger partial charge in [-0.15, -0.1) is 0 Å². The summed E-state index contributed by atoms with van der Waals surface area (Å²) < 4.78 is 5.32. The first-order valence-corrected chi connectivity index (χ1v) is 7.75. The highest BCUT2D eigenvalue weighted by Crippen LogP contribution is 2.06. The van der Waals surface area contributed by atoms with Crippen LogP contribution in [0.3, 0.4) is 0 Å². The second kappa shape index (κ2) is 10.8. The lowest BCUT2D eigenvalue weighted by molar-refractivity contribution is 0.143. The molecular weight excluding hydrogens is 248 g/mol. The zero-order chi connectivity index (χ0) is 14.6. The summed E-state index contributed by atoms with van der Waals surface area (Å²) in [5.74, 6) is 0. The summed E-state index contributed by atoms with van der Waals surface area (Å²) in [4.78, 5) is 2.36. The second-order valence-corrected chi connectivity index (χ2v) is 5.38. The fourth-order valence-corrected chi connectivity index (χ4v) is 2.19. The van der Waals surface area contributed by atoms with Gasteiger partial charge in [0, 0.05) is 32.8 Å². The van der Waals surface area contributed by atoms with Gasteiger partial charge in [-0.05, 0) is 45.8 Å². The molecule has 1 aromatic carbocycles. The van der Waals surface area contributed by atoms with Gasteiger partial charge in [-0.2, -0.15) is 0 Å². The SMILES string of the molecule is CCOCCCCNCCN(C)Cc1cccc(C)c1. The highest BCUT2D eigenvalue weighted by atomic mass is 16.5. The maximum atomic E-state index is 5.32. The van der Waals surface area contributed by atoms with E-state index in [2.05, 4.69) is 48.5 Å². The molecule has 0 bridgehead atoms. The third kappa shape index (κ3) is 8.31. The summed E-state index contributed by atoms with van der Waals surface area (Å²) in [6, 6.07) is 8.74. The number of nitrogens with one attached hydrogen (secondary N) is 1. The Kier molecular flexibility index (Phi) is 9.29. The molecule has 20 heavy (non-hydrogen) atoms. The highest BCUT2D eigenvalue weighted by Gasteiger charge is 2.00. The highest BCUT2D eigenvalue weighted by molar-refractivity contribution is 5.21. The fraction of sp³-hybridized carbons (Fsp3) is 0.647. The molecule has 3 heteroatoms. The van der Waals surface area contributed by atoms with Crippen LogP contribution >= 0.6 is 0 Å². The average Bonchev–Trinajstić information content (AvgIpc) is 2.42. The molecule has 0 unspecified atom stereocenters. The summed E-state index contributed by atoms with van der Waals surface area (Å²) in [7, 11) is 2.18. The van der Waals surface area contributed by atoms with E-state index in [1.54, 1.807) is 0 Å². The maximum Gasteiger partial charge on any atom is 0.0466 e.